The molecule has 1 N–H and O–H groups in total. The summed E-state index contributed by atoms with van der Waals surface area (Å²) in [4.78, 5) is 33.8. The molecule has 206 valence electrons. The molecule has 2 atom stereocenters. The number of halogens is 6. The van der Waals surface area contributed by atoms with Crippen molar-refractivity contribution in [1.29, 1.82) is 0 Å². The third-order valence-electron chi connectivity index (χ3n) is 6.34. The van der Waals surface area contributed by atoms with E-state index in [-0.39, 0.29) is 32.1 Å². The lowest BCUT2D eigenvalue weighted by Crippen LogP contribution is -2.47. The molecule has 38 heavy (non-hydrogen) atoms. The largest absolute Gasteiger partial charge is 0.417 e. The summed E-state index contributed by atoms with van der Waals surface area (Å²) in [7, 11) is 0. The third-order valence-corrected chi connectivity index (χ3v) is 6.34. The van der Waals surface area contributed by atoms with Gasteiger partial charge in [-0.1, -0.05) is 0 Å². The van der Waals surface area contributed by atoms with Gasteiger partial charge in [0, 0.05) is 30.4 Å². The number of aliphatic imine (C=N–C) groups is 1. The van der Waals surface area contributed by atoms with E-state index in [2.05, 4.69) is 15.1 Å². The van der Waals surface area contributed by atoms with Gasteiger partial charge in [0.15, 0.2) is 5.92 Å². The van der Waals surface area contributed by atoms with Crippen molar-refractivity contribution in [2.45, 2.75) is 51.8 Å². The van der Waals surface area contributed by atoms with E-state index in [9.17, 15) is 35.9 Å². The quantitative estimate of drug-likeness (QED) is 0.444. The zero-order chi connectivity index (χ0) is 27.8. The van der Waals surface area contributed by atoms with Crippen LogP contribution in [0, 0.1) is 12.8 Å². The fourth-order valence-electron chi connectivity index (χ4n) is 4.45. The second-order valence-corrected chi connectivity index (χ2v) is 9.07. The summed E-state index contributed by atoms with van der Waals surface area (Å²) >= 11 is 0. The van der Waals surface area contributed by atoms with Gasteiger partial charge in [0.1, 0.15) is 5.65 Å². The van der Waals surface area contributed by atoms with E-state index in [1.54, 1.807) is 17.2 Å². The molecule has 2 aliphatic rings. The molecule has 15 heteroatoms. The number of hydrogen-bond acceptors (Lipinski definition) is 6. The Morgan fingerprint density at radius 2 is 2.00 bits per heavy atom. The molecule has 0 saturated heterocycles. The molecule has 4 rings (SSSR count). The Bertz CT molecular complexity index is 1300. The van der Waals surface area contributed by atoms with Gasteiger partial charge in [-0.05, 0) is 25.5 Å². The Labute approximate surface area is 212 Å². The van der Waals surface area contributed by atoms with Crippen LogP contribution < -0.4 is 5.43 Å². The zero-order valence-electron chi connectivity index (χ0n) is 20.4. The minimum absolute atomic E-state index is 0.00587. The van der Waals surface area contributed by atoms with E-state index in [4.69, 9.17) is 4.74 Å². The van der Waals surface area contributed by atoms with Gasteiger partial charge in [-0.25, -0.2) is 10.4 Å². The van der Waals surface area contributed by atoms with Crippen molar-refractivity contribution in [1.82, 2.24) is 19.9 Å². The van der Waals surface area contributed by atoms with E-state index in [0.29, 0.717) is 35.4 Å². The van der Waals surface area contributed by atoms with E-state index in [1.807, 2.05) is 4.57 Å². The number of fused-ring (bicyclic) bond motifs is 3. The van der Waals surface area contributed by atoms with Gasteiger partial charge in [0.25, 0.3) is 5.91 Å². The van der Waals surface area contributed by atoms with E-state index in [0.717, 1.165) is 18.5 Å². The number of nitrogens with zero attached hydrogens (tertiary/aromatic N) is 5. The van der Waals surface area contributed by atoms with Crippen molar-refractivity contribution in [3.63, 3.8) is 0 Å². The summed E-state index contributed by atoms with van der Waals surface area (Å²) in [6.45, 7) is 4.01. The smallest absolute Gasteiger partial charge is 0.379 e. The van der Waals surface area contributed by atoms with Crippen LogP contribution in [0.2, 0.25) is 0 Å². The van der Waals surface area contributed by atoms with Gasteiger partial charge in [-0.2, -0.15) is 31.4 Å². The van der Waals surface area contributed by atoms with E-state index < -0.39 is 41.5 Å². The van der Waals surface area contributed by atoms with Crippen LogP contribution in [0.25, 0.3) is 11.0 Å². The number of aromatic nitrogens is 2. The molecule has 2 aromatic rings. The maximum Gasteiger partial charge on any atom is 0.417 e. The Morgan fingerprint density at radius 1 is 1.26 bits per heavy atom. The Morgan fingerprint density at radius 3 is 2.68 bits per heavy atom. The number of rotatable bonds is 6. The number of ether oxygens (including phenoxy) is 1. The SMILES string of the molecule is Cc1c2n(c3ncc(C(F)(F)F)cc13)CCN(C(=O)CCOC[C@H](C)N=C1C=NNC(=O)C1C(F)(F)F)C2. The number of carbonyl (C=O) groups excluding carboxylic acids is 2. The number of alkyl halides is 6. The molecule has 1 unspecified atom stereocenters. The topological polar surface area (TPSA) is 101 Å². The fraction of sp³-hybridized carbons (Fsp3) is 0.522. The predicted octanol–water partition coefficient (Wildman–Crippen LogP) is 3.24. The first kappa shape index (κ1) is 27.5. The van der Waals surface area contributed by atoms with Crippen LogP contribution in [0.15, 0.2) is 22.4 Å². The molecule has 0 saturated carbocycles. The molecule has 4 heterocycles. The lowest BCUT2D eigenvalue weighted by Gasteiger charge is -2.29. The molecule has 0 spiro atoms. The molecule has 2 amide bonds. The number of pyridine rings is 1. The number of hydrazone groups is 1. The van der Waals surface area contributed by atoms with Gasteiger partial charge < -0.3 is 14.2 Å². The molecule has 2 aromatic heterocycles. The van der Waals surface area contributed by atoms with Crippen molar-refractivity contribution >= 4 is 34.8 Å². The van der Waals surface area contributed by atoms with E-state index >= 15 is 0 Å². The first-order valence-corrected chi connectivity index (χ1v) is 11.6. The monoisotopic (exact) mass is 546 g/mol. The van der Waals surface area contributed by atoms with Crippen LogP contribution >= 0.6 is 0 Å². The summed E-state index contributed by atoms with van der Waals surface area (Å²) in [6.07, 6.45) is -7.70. The van der Waals surface area contributed by atoms with Crippen LogP contribution in [0.5, 0.6) is 0 Å². The highest BCUT2D eigenvalue weighted by atomic mass is 19.4. The fourth-order valence-corrected chi connectivity index (χ4v) is 4.45. The third kappa shape index (κ3) is 5.66. The first-order chi connectivity index (χ1) is 17.8. The molecular weight excluding hydrogens is 522 g/mol. The van der Waals surface area contributed by atoms with Crippen molar-refractivity contribution in [2.24, 2.45) is 16.0 Å². The van der Waals surface area contributed by atoms with Crippen LogP contribution in [-0.4, -0.2) is 70.2 Å². The van der Waals surface area contributed by atoms with Crippen LogP contribution in [0.3, 0.4) is 0 Å². The molecule has 0 radical (unpaired) electrons. The number of aryl methyl sites for hydroxylation is 1. The number of carbonyl (C=O) groups is 2. The lowest BCUT2D eigenvalue weighted by molar-refractivity contribution is -0.168. The van der Waals surface area contributed by atoms with Crippen molar-refractivity contribution in [3.05, 3.63) is 29.1 Å². The highest BCUT2D eigenvalue weighted by Crippen LogP contribution is 2.34. The minimum Gasteiger partial charge on any atom is -0.379 e. The average Bonchev–Trinajstić information content (AvgIpc) is 3.11. The Balaban J connectivity index is 1.33. The summed E-state index contributed by atoms with van der Waals surface area (Å²) < 4.78 is 86.1. The molecule has 0 fully saturated rings. The molecular formula is C23H24F6N6O3. The number of amides is 2. The minimum atomic E-state index is -4.82. The average molecular weight is 546 g/mol. The standard InChI is InChI=1S/C23H24F6N6O3/c1-12(32-16-9-31-33-21(37)19(16)23(27,28)29)11-38-6-3-18(36)34-4-5-35-17(10-34)13(2)15-7-14(22(24,25)26)8-30-20(15)35/h7-9,12,19H,3-6,10-11H2,1-2H3,(H,33,37)/t12-,19?/m0/s1. The second-order valence-electron chi connectivity index (χ2n) is 9.07. The molecule has 0 bridgehead atoms. The highest BCUT2D eigenvalue weighted by Gasteiger charge is 2.49. The van der Waals surface area contributed by atoms with Crippen molar-refractivity contribution < 1.29 is 40.7 Å². The predicted molar refractivity (Wildman–Crippen MR) is 123 cm³/mol. The normalized spacial score (nSPS) is 20.1. The van der Waals surface area contributed by atoms with Gasteiger partial charge in [-0.3, -0.25) is 14.6 Å². The zero-order valence-corrected chi connectivity index (χ0v) is 20.4. The maximum atomic E-state index is 13.2. The summed E-state index contributed by atoms with van der Waals surface area (Å²) in [5.41, 5.74) is 2.17. The molecule has 2 aliphatic heterocycles. The van der Waals surface area contributed by atoms with E-state index in [1.165, 1.54) is 6.92 Å². The van der Waals surface area contributed by atoms with Crippen LogP contribution in [0.1, 0.15) is 30.2 Å². The number of nitrogens with one attached hydrogen (secondary N) is 1. The number of hydrogen-bond donors (Lipinski definition) is 1. The van der Waals surface area contributed by atoms with Crippen LogP contribution in [-0.2, 0) is 33.6 Å². The molecule has 9 nitrogen and oxygen atoms in total. The lowest BCUT2D eigenvalue weighted by atomic mass is 10.0. The summed E-state index contributed by atoms with van der Waals surface area (Å²) in [6, 6.07) is 0.334. The van der Waals surface area contributed by atoms with Gasteiger partial charge in [0.05, 0.1) is 49.7 Å². The van der Waals surface area contributed by atoms with Gasteiger partial charge >= 0.3 is 12.4 Å². The first-order valence-electron chi connectivity index (χ1n) is 11.6. The van der Waals surface area contributed by atoms with Crippen molar-refractivity contribution in [3.8, 4) is 0 Å². The Kier molecular flexibility index (Phi) is 7.50. The summed E-state index contributed by atoms with van der Waals surface area (Å²) in [5, 5.41) is 3.76. The van der Waals surface area contributed by atoms with Gasteiger partial charge in [-0.15, -0.1) is 0 Å². The van der Waals surface area contributed by atoms with Gasteiger partial charge in [0.2, 0.25) is 5.91 Å². The Hall–Kier alpha value is -3.49. The molecule has 0 aliphatic carbocycles. The maximum absolute atomic E-state index is 13.2. The molecule has 0 aromatic carbocycles. The second kappa shape index (κ2) is 10.3. The van der Waals surface area contributed by atoms with Crippen LogP contribution in [0.4, 0.5) is 26.3 Å². The highest BCUT2D eigenvalue weighted by molar-refractivity contribution is 6.37. The summed E-state index contributed by atoms with van der Waals surface area (Å²) in [5.74, 6) is -3.97. The van der Waals surface area contributed by atoms with Crippen molar-refractivity contribution in [2.75, 3.05) is 19.8 Å².